The predicted molar refractivity (Wildman–Crippen MR) is 76.3 cm³/mol. The minimum absolute atomic E-state index is 0.136. The Morgan fingerprint density at radius 1 is 1.35 bits per heavy atom. The number of benzene rings is 1. The van der Waals surface area contributed by atoms with E-state index in [1.54, 1.807) is 23.1 Å². The summed E-state index contributed by atoms with van der Waals surface area (Å²) in [6.07, 6.45) is 2.50. The number of carbonyl (C=O) groups is 2. The number of rotatable bonds is 2. The summed E-state index contributed by atoms with van der Waals surface area (Å²) in [6.45, 7) is 2.45. The number of carbonyl (C=O) groups excluding carboxylic acids is 2. The molecule has 2 rings (SSSR count). The number of hydrogen-bond acceptors (Lipinski definition) is 4. The van der Waals surface area contributed by atoms with Crippen LogP contribution in [-0.2, 0) is 9.53 Å². The van der Waals surface area contributed by atoms with Crippen molar-refractivity contribution in [2.24, 2.45) is 0 Å². The van der Waals surface area contributed by atoms with Gasteiger partial charge in [-0.05, 0) is 49.9 Å². The molecule has 0 aliphatic carbocycles. The Balaban J connectivity index is 2.25. The van der Waals surface area contributed by atoms with Gasteiger partial charge in [-0.1, -0.05) is 0 Å². The first-order chi connectivity index (χ1) is 9.54. The second-order valence-electron chi connectivity index (χ2n) is 5.10. The molecule has 108 valence electrons. The maximum Gasteiger partial charge on any atom is 0.328 e. The minimum atomic E-state index is -0.473. The minimum Gasteiger partial charge on any atom is -0.467 e. The Hall–Kier alpha value is -2.04. The van der Waals surface area contributed by atoms with Crippen LogP contribution < -0.4 is 5.73 Å². The number of likely N-dealkylation sites (tertiary alicyclic amines) is 1. The van der Waals surface area contributed by atoms with Gasteiger partial charge in [0, 0.05) is 17.8 Å². The predicted octanol–water partition coefficient (Wildman–Crippen LogP) is 1.74. The van der Waals surface area contributed by atoms with Gasteiger partial charge in [0.25, 0.3) is 5.91 Å². The van der Waals surface area contributed by atoms with Crippen LogP contribution in [0.2, 0.25) is 0 Å². The number of anilines is 1. The molecular weight excluding hydrogens is 256 g/mol. The summed E-state index contributed by atoms with van der Waals surface area (Å²) >= 11 is 0. The van der Waals surface area contributed by atoms with Crippen molar-refractivity contribution in [2.75, 3.05) is 19.4 Å². The summed E-state index contributed by atoms with van der Waals surface area (Å²) in [5, 5.41) is 0. The van der Waals surface area contributed by atoms with Crippen molar-refractivity contribution >= 4 is 17.6 Å². The van der Waals surface area contributed by atoms with Crippen molar-refractivity contribution in [3.63, 3.8) is 0 Å². The molecule has 20 heavy (non-hydrogen) atoms. The number of ether oxygens (including phenoxy) is 1. The molecular formula is C15H20N2O3. The van der Waals surface area contributed by atoms with Crippen LogP contribution in [0.25, 0.3) is 0 Å². The van der Waals surface area contributed by atoms with E-state index in [1.165, 1.54) is 7.11 Å². The molecule has 0 aromatic heterocycles. The van der Waals surface area contributed by atoms with Crippen molar-refractivity contribution in [1.29, 1.82) is 0 Å². The molecule has 1 unspecified atom stereocenters. The second-order valence-corrected chi connectivity index (χ2v) is 5.10. The fraction of sp³-hybridized carbons (Fsp3) is 0.467. The number of nitrogens with zero attached hydrogens (tertiary/aromatic N) is 1. The van der Waals surface area contributed by atoms with Gasteiger partial charge in [0.2, 0.25) is 0 Å². The lowest BCUT2D eigenvalue weighted by molar-refractivity contribution is -0.147. The van der Waals surface area contributed by atoms with Crippen molar-refractivity contribution in [3.05, 3.63) is 29.3 Å². The van der Waals surface area contributed by atoms with Crippen LogP contribution in [0.4, 0.5) is 5.69 Å². The molecule has 1 saturated heterocycles. The zero-order valence-corrected chi connectivity index (χ0v) is 11.9. The Morgan fingerprint density at radius 3 is 2.75 bits per heavy atom. The molecule has 1 aliphatic rings. The number of aryl methyl sites for hydroxylation is 1. The molecule has 1 heterocycles. The normalized spacial score (nSPS) is 18.7. The number of esters is 1. The Morgan fingerprint density at radius 2 is 2.10 bits per heavy atom. The molecule has 2 N–H and O–H groups in total. The van der Waals surface area contributed by atoms with Gasteiger partial charge in [-0.15, -0.1) is 0 Å². The third-order valence-electron chi connectivity index (χ3n) is 3.75. The van der Waals surface area contributed by atoms with Gasteiger partial charge in [-0.3, -0.25) is 4.79 Å². The number of methoxy groups -OCH3 is 1. The fourth-order valence-electron chi connectivity index (χ4n) is 2.53. The topological polar surface area (TPSA) is 72.6 Å². The number of nitrogen functional groups attached to an aromatic ring is 1. The Kier molecular flexibility index (Phi) is 4.27. The molecule has 1 amide bonds. The molecule has 0 radical (unpaired) electrons. The van der Waals surface area contributed by atoms with E-state index in [0.717, 1.165) is 18.4 Å². The SMILES string of the molecule is COC(=O)C1CCCCN1C(=O)c1ccc(N)c(C)c1. The van der Waals surface area contributed by atoms with Crippen LogP contribution in [0.3, 0.4) is 0 Å². The van der Waals surface area contributed by atoms with Gasteiger partial charge in [0.1, 0.15) is 6.04 Å². The van der Waals surface area contributed by atoms with Crippen molar-refractivity contribution < 1.29 is 14.3 Å². The van der Waals surface area contributed by atoms with Gasteiger partial charge in [-0.2, -0.15) is 0 Å². The van der Waals surface area contributed by atoms with Crippen LogP contribution in [0.5, 0.6) is 0 Å². The summed E-state index contributed by atoms with van der Waals surface area (Å²) in [4.78, 5) is 26.0. The van der Waals surface area contributed by atoms with Gasteiger partial charge in [-0.25, -0.2) is 4.79 Å². The van der Waals surface area contributed by atoms with Crippen LogP contribution in [0, 0.1) is 6.92 Å². The van der Waals surface area contributed by atoms with E-state index in [0.29, 0.717) is 24.2 Å². The molecule has 5 heteroatoms. The molecule has 5 nitrogen and oxygen atoms in total. The zero-order chi connectivity index (χ0) is 14.7. The maximum absolute atomic E-state index is 12.6. The Labute approximate surface area is 118 Å². The molecule has 0 bridgehead atoms. The smallest absolute Gasteiger partial charge is 0.328 e. The van der Waals surface area contributed by atoms with E-state index in [1.807, 2.05) is 6.92 Å². The highest BCUT2D eigenvalue weighted by Gasteiger charge is 2.33. The first kappa shape index (κ1) is 14.4. The molecule has 1 aromatic carbocycles. The van der Waals surface area contributed by atoms with Crippen molar-refractivity contribution in [1.82, 2.24) is 4.90 Å². The second kappa shape index (κ2) is 5.94. The summed E-state index contributed by atoms with van der Waals surface area (Å²) in [6, 6.07) is 4.72. The van der Waals surface area contributed by atoms with E-state index in [4.69, 9.17) is 10.5 Å². The van der Waals surface area contributed by atoms with Crippen LogP contribution in [0.15, 0.2) is 18.2 Å². The van der Waals surface area contributed by atoms with Gasteiger partial charge in [0.05, 0.1) is 7.11 Å². The van der Waals surface area contributed by atoms with Gasteiger partial charge in [0.15, 0.2) is 0 Å². The molecule has 1 fully saturated rings. The van der Waals surface area contributed by atoms with Crippen molar-refractivity contribution in [2.45, 2.75) is 32.2 Å². The summed E-state index contributed by atoms with van der Waals surface area (Å²) in [5.74, 6) is -0.478. The standard InChI is InChI=1S/C15H20N2O3/c1-10-9-11(6-7-12(10)16)14(18)17-8-4-3-5-13(17)15(19)20-2/h6-7,9,13H,3-5,8,16H2,1-2H3. The van der Waals surface area contributed by atoms with Crippen LogP contribution >= 0.6 is 0 Å². The first-order valence-corrected chi connectivity index (χ1v) is 6.79. The summed E-state index contributed by atoms with van der Waals surface area (Å²) in [7, 11) is 1.35. The van der Waals surface area contributed by atoms with E-state index in [-0.39, 0.29) is 11.9 Å². The quantitative estimate of drug-likeness (QED) is 0.659. The van der Waals surface area contributed by atoms with Crippen LogP contribution in [0.1, 0.15) is 35.2 Å². The largest absolute Gasteiger partial charge is 0.467 e. The fourth-order valence-corrected chi connectivity index (χ4v) is 2.53. The van der Waals surface area contributed by atoms with Crippen LogP contribution in [-0.4, -0.2) is 36.5 Å². The van der Waals surface area contributed by atoms with Gasteiger partial charge < -0.3 is 15.4 Å². The highest BCUT2D eigenvalue weighted by Crippen LogP contribution is 2.22. The summed E-state index contributed by atoms with van der Waals surface area (Å²) in [5.41, 5.74) is 7.85. The van der Waals surface area contributed by atoms with E-state index < -0.39 is 6.04 Å². The average molecular weight is 276 g/mol. The van der Waals surface area contributed by atoms with E-state index in [9.17, 15) is 9.59 Å². The first-order valence-electron chi connectivity index (χ1n) is 6.79. The molecule has 0 saturated carbocycles. The third kappa shape index (κ3) is 2.76. The molecule has 1 atom stereocenters. The average Bonchev–Trinajstić information content (AvgIpc) is 2.48. The highest BCUT2D eigenvalue weighted by molar-refractivity contribution is 5.97. The van der Waals surface area contributed by atoms with Crippen molar-refractivity contribution in [3.8, 4) is 0 Å². The number of amides is 1. The maximum atomic E-state index is 12.6. The zero-order valence-electron chi connectivity index (χ0n) is 11.9. The lowest BCUT2D eigenvalue weighted by atomic mass is 10.00. The molecule has 1 aliphatic heterocycles. The number of nitrogens with two attached hydrogens (primary N) is 1. The van der Waals surface area contributed by atoms with E-state index >= 15 is 0 Å². The molecule has 1 aromatic rings. The van der Waals surface area contributed by atoms with E-state index in [2.05, 4.69) is 0 Å². The number of piperidine rings is 1. The lowest BCUT2D eigenvalue weighted by Crippen LogP contribution is -2.48. The molecule has 0 spiro atoms. The van der Waals surface area contributed by atoms with Gasteiger partial charge >= 0.3 is 5.97 Å². The Bertz CT molecular complexity index is 528. The monoisotopic (exact) mass is 276 g/mol. The highest BCUT2D eigenvalue weighted by atomic mass is 16.5. The summed E-state index contributed by atoms with van der Waals surface area (Å²) < 4.78 is 4.80. The lowest BCUT2D eigenvalue weighted by Gasteiger charge is -2.33. The third-order valence-corrected chi connectivity index (χ3v) is 3.75. The number of hydrogen-bond donors (Lipinski definition) is 1.